The Morgan fingerprint density at radius 1 is 1.44 bits per heavy atom. The molecule has 0 radical (unpaired) electrons. The van der Waals surface area contributed by atoms with E-state index in [1.54, 1.807) is 0 Å². The maximum atomic E-state index is 13.4. The van der Waals surface area contributed by atoms with Gasteiger partial charge < -0.3 is 5.11 Å². The summed E-state index contributed by atoms with van der Waals surface area (Å²) in [7, 11) is 0. The van der Waals surface area contributed by atoms with Crippen LogP contribution in [-0.2, 0) is 6.42 Å². The Hall–Kier alpha value is -1.53. The van der Waals surface area contributed by atoms with Crippen LogP contribution in [0.4, 0.5) is 4.39 Å². The predicted octanol–water partition coefficient (Wildman–Crippen LogP) is 0.990. The number of rotatable bonds is 3. The topological polar surface area (TPSA) is 63.8 Å². The van der Waals surface area contributed by atoms with E-state index in [1.807, 2.05) is 0 Å². The van der Waals surface area contributed by atoms with Crippen molar-refractivity contribution in [2.75, 3.05) is 6.61 Å². The minimum Gasteiger partial charge on any atom is -0.396 e. The van der Waals surface area contributed by atoms with E-state index >= 15 is 0 Å². The van der Waals surface area contributed by atoms with Crippen molar-refractivity contribution in [3.05, 3.63) is 34.9 Å². The first-order chi connectivity index (χ1) is 7.70. The lowest BCUT2D eigenvalue weighted by Crippen LogP contribution is -2.02. The lowest BCUT2D eigenvalue weighted by Gasteiger charge is -2.00. The summed E-state index contributed by atoms with van der Waals surface area (Å²) in [5.41, 5.74) is 0.129. The first-order valence-electron chi connectivity index (χ1n) is 4.56. The van der Waals surface area contributed by atoms with E-state index in [4.69, 9.17) is 16.7 Å². The van der Waals surface area contributed by atoms with Crippen molar-refractivity contribution in [2.45, 2.75) is 6.42 Å². The molecule has 0 aliphatic rings. The summed E-state index contributed by atoms with van der Waals surface area (Å²) in [6.45, 7) is -0.0796. The van der Waals surface area contributed by atoms with Crippen LogP contribution in [0.1, 0.15) is 5.82 Å². The minimum atomic E-state index is -0.489. The van der Waals surface area contributed by atoms with Crippen LogP contribution in [0.15, 0.2) is 18.2 Å². The minimum absolute atomic E-state index is 0.0796. The Kier molecular flexibility index (Phi) is 3.12. The van der Waals surface area contributed by atoms with Gasteiger partial charge in [0.05, 0.1) is 6.61 Å². The molecule has 16 heavy (non-hydrogen) atoms. The molecule has 1 aromatic carbocycles. The number of hydrogen-bond acceptors (Lipinski definition) is 4. The van der Waals surface area contributed by atoms with Crippen molar-refractivity contribution in [3.63, 3.8) is 0 Å². The lowest BCUT2D eigenvalue weighted by atomic mass is 10.3. The van der Waals surface area contributed by atoms with Gasteiger partial charge in [-0.3, -0.25) is 0 Å². The van der Waals surface area contributed by atoms with Crippen molar-refractivity contribution >= 4 is 11.6 Å². The Morgan fingerprint density at radius 2 is 2.25 bits per heavy atom. The third-order valence-corrected chi connectivity index (χ3v) is 2.15. The van der Waals surface area contributed by atoms with Crippen LogP contribution in [0, 0.1) is 5.82 Å². The molecule has 2 rings (SSSR count). The van der Waals surface area contributed by atoms with Crippen molar-refractivity contribution in [1.82, 2.24) is 20.2 Å². The van der Waals surface area contributed by atoms with Gasteiger partial charge in [-0.1, -0.05) is 11.6 Å². The summed E-state index contributed by atoms with van der Waals surface area (Å²) in [5, 5.41) is 20.3. The summed E-state index contributed by atoms with van der Waals surface area (Å²) in [6.07, 6.45) is 0.280. The third-order valence-electron chi connectivity index (χ3n) is 1.91. The van der Waals surface area contributed by atoms with Crippen LogP contribution in [-0.4, -0.2) is 31.9 Å². The van der Waals surface area contributed by atoms with Crippen LogP contribution in [0.5, 0.6) is 0 Å². The summed E-state index contributed by atoms with van der Waals surface area (Å²) < 4.78 is 13.4. The van der Waals surface area contributed by atoms with Crippen LogP contribution in [0.25, 0.3) is 5.69 Å². The molecule has 0 spiro atoms. The monoisotopic (exact) mass is 242 g/mol. The number of aromatic nitrogens is 4. The molecule has 0 fully saturated rings. The van der Waals surface area contributed by atoms with E-state index in [9.17, 15) is 4.39 Å². The molecule has 2 aromatic rings. The van der Waals surface area contributed by atoms with Crippen molar-refractivity contribution in [1.29, 1.82) is 0 Å². The Labute approximate surface area is 95.5 Å². The van der Waals surface area contributed by atoms with Gasteiger partial charge in [-0.2, -0.15) is 0 Å². The molecule has 1 heterocycles. The second kappa shape index (κ2) is 4.54. The Morgan fingerprint density at radius 3 is 3.00 bits per heavy atom. The summed E-state index contributed by atoms with van der Waals surface area (Å²) in [5.74, 6) is -0.140. The number of aliphatic hydroxyl groups is 1. The fourth-order valence-electron chi connectivity index (χ4n) is 1.18. The van der Waals surface area contributed by atoms with Crippen molar-refractivity contribution in [3.8, 4) is 5.69 Å². The van der Waals surface area contributed by atoms with E-state index in [-0.39, 0.29) is 18.7 Å². The fourth-order valence-corrected chi connectivity index (χ4v) is 1.35. The number of nitrogens with zero attached hydrogens (tertiary/aromatic N) is 4. The van der Waals surface area contributed by atoms with E-state index in [0.717, 1.165) is 4.80 Å². The zero-order valence-electron chi connectivity index (χ0n) is 8.14. The second-order valence-corrected chi connectivity index (χ2v) is 3.50. The Balaban J connectivity index is 2.38. The van der Waals surface area contributed by atoms with Crippen molar-refractivity contribution < 1.29 is 9.50 Å². The van der Waals surface area contributed by atoms with Gasteiger partial charge in [0.15, 0.2) is 11.6 Å². The van der Waals surface area contributed by atoms with Crippen LogP contribution in [0.3, 0.4) is 0 Å². The van der Waals surface area contributed by atoms with E-state index in [2.05, 4.69) is 15.4 Å². The van der Waals surface area contributed by atoms with Gasteiger partial charge >= 0.3 is 0 Å². The first kappa shape index (κ1) is 11.0. The number of tetrazole rings is 1. The maximum absolute atomic E-state index is 13.4. The number of hydrogen-bond donors (Lipinski definition) is 1. The summed E-state index contributed by atoms with van der Waals surface area (Å²) in [4.78, 5) is 1.05. The maximum Gasteiger partial charge on any atom is 0.177 e. The SMILES string of the molecule is OCCc1nnn(-c2cc(Cl)ccc2F)n1. The fraction of sp³-hybridized carbons (Fsp3) is 0.222. The van der Waals surface area contributed by atoms with Crippen LogP contribution < -0.4 is 0 Å². The standard InChI is InChI=1S/C9H8ClFN4O/c10-6-1-2-7(11)8(5-6)15-13-9(3-4-16)12-14-15/h1-2,5,16H,3-4H2. The number of aliphatic hydroxyl groups excluding tert-OH is 1. The van der Waals surface area contributed by atoms with Gasteiger partial charge in [-0.05, 0) is 23.4 Å². The molecule has 0 amide bonds. The Bertz CT molecular complexity index is 502. The molecule has 0 bridgehead atoms. The first-order valence-corrected chi connectivity index (χ1v) is 4.93. The predicted molar refractivity (Wildman–Crippen MR) is 54.9 cm³/mol. The van der Waals surface area contributed by atoms with Gasteiger partial charge in [0.25, 0.3) is 0 Å². The highest BCUT2D eigenvalue weighted by Gasteiger charge is 2.09. The van der Waals surface area contributed by atoms with E-state index in [0.29, 0.717) is 10.8 Å². The lowest BCUT2D eigenvalue weighted by molar-refractivity contribution is 0.296. The van der Waals surface area contributed by atoms with Gasteiger partial charge in [-0.15, -0.1) is 15.0 Å². The molecule has 84 valence electrons. The van der Waals surface area contributed by atoms with Gasteiger partial charge in [0.1, 0.15) is 5.69 Å². The van der Waals surface area contributed by atoms with E-state index in [1.165, 1.54) is 18.2 Å². The molecule has 1 aromatic heterocycles. The quantitative estimate of drug-likeness (QED) is 0.872. The van der Waals surface area contributed by atoms with Crippen molar-refractivity contribution in [2.24, 2.45) is 0 Å². The molecule has 0 aliphatic carbocycles. The van der Waals surface area contributed by atoms with E-state index < -0.39 is 5.82 Å². The highest BCUT2D eigenvalue weighted by Crippen LogP contribution is 2.17. The van der Waals surface area contributed by atoms with Gasteiger partial charge in [0.2, 0.25) is 0 Å². The molecular formula is C9H8ClFN4O. The molecule has 0 saturated heterocycles. The molecule has 7 heteroatoms. The zero-order valence-corrected chi connectivity index (χ0v) is 8.89. The smallest absolute Gasteiger partial charge is 0.177 e. The molecule has 0 unspecified atom stereocenters. The van der Waals surface area contributed by atoms with Crippen LogP contribution >= 0.6 is 11.6 Å². The average Bonchev–Trinajstić information content (AvgIpc) is 2.71. The second-order valence-electron chi connectivity index (χ2n) is 3.06. The highest BCUT2D eigenvalue weighted by atomic mass is 35.5. The molecular weight excluding hydrogens is 235 g/mol. The zero-order chi connectivity index (χ0) is 11.5. The summed E-state index contributed by atoms with van der Waals surface area (Å²) in [6, 6.07) is 4.07. The largest absolute Gasteiger partial charge is 0.396 e. The highest BCUT2D eigenvalue weighted by molar-refractivity contribution is 6.30. The third kappa shape index (κ3) is 2.17. The molecule has 0 saturated carbocycles. The average molecular weight is 243 g/mol. The molecule has 0 aliphatic heterocycles. The summed E-state index contributed by atoms with van der Waals surface area (Å²) >= 11 is 5.74. The molecule has 0 atom stereocenters. The number of benzene rings is 1. The molecule has 1 N–H and O–H groups in total. The van der Waals surface area contributed by atoms with Crippen LogP contribution in [0.2, 0.25) is 5.02 Å². The van der Waals surface area contributed by atoms with Gasteiger partial charge in [-0.25, -0.2) is 4.39 Å². The number of halogens is 2. The molecule has 5 nitrogen and oxygen atoms in total. The van der Waals surface area contributed by atoms with Gasteiger partial charge in [0, 0.05) is 11.4 Å². The normalized spacial score (nSPS) is 10.7.